The van der Waals surface area contributed by atoms with Crippen LogP contribution in [0, 0.1) is 11.3 Å². The third kappa shape index (κ3) is 7.25. The van der Waals surface area contributed by atoms with Gasteiger partial charge in [-0.3, -0.25) is 14.4 Å². The number of Topliss-reactive ketones (excluding diaryl/α,β-unsaturated/α-hetero) is 1. The Hall–Kier alpha value is -1.32. The van der Waals surface area contributed by atoms with E-state index in [1.165, 1.54) is 0 Å². The minimum Gasteiger partial charge on any atom is -0.382 e. The van der Waals surface area contributed by atoms with Crippen LogP contribution in [0.2, 0.25) is 0 Å². The van der Waals surface area contributed by atoms with Gasteiger partial charge in [0.05, 0.1) is 28.9 Å². The first kappa shape index (κ1) is 24.7. The van der Waals surface area contributed by atoms with Crippen LogP contribution in [0.4, 0.5) is 0 Å². The maximum absolute atomic E-state index is 13.2. The van der Waals surface area contributed by atoms with Crippen molar-refractivity contribution in [3.63, 3.8) is 0 Å². The van der Waals surface area contributed by atoms with Crippen molar-refractivity contribution in [2.75, 3.05) is 7.05 Å². The molecule has 2 atom stereocenters. The number of hydrogen-bond acceptors (Lipinski definition) is 5. The molecule has 7 nitrogen and oxygen atoms in total. The molecular weight excluding hydrogens is 471 g/mol. The third-order valence-electron chi connectivity index (χ3n) is 5.23. The highest BCUT2D eigenvalue weighted by Gasteiger charge is 2.37. The van der Waals surface area contributed by atoms with Crippen LogP contribution in [-0.4, -0.2) is 36.7 Å². The topological polar surface area (TPSA) is 99.3 Å². The van der Waals surface area contributed by atoms with Gasteiger partial charge in [-0.05, 0) is 24.2 Å². The molecule has 0 aliphatic heterocycles. The van der Waals surface area contributed by atoms with Gasteiger partial charge in [0.1, 0.15) is 11.7 Å². The smallest absolute Gasteiger partial charge is 0.269 e. The molecule has 4 N–H and O–H groups in total. The van der Waals surface area contributed by atoms with Crippen molar-refractivity contribution in [2.24, 2.45) is 11.3 Å². The molecule has 1 aliphatic carbocycles. The predicted molar refractivity (Wildman–Crippen MR) is 119 cm³/mol. The summed E-state index contributed by atoms with van der Waals surface area (Å²) in [5.41, 5.74) is -0.0505. The summed E-state index contributed by atoms with van der Waals surface area (Å²) in [6, 6.07) is -1.24. The van der Waals surface area contributed by atoms with Gasteiger partial charge in [0.25, 0.3) is 5.91 Å². The molecule has 0 spiro atoms. The lowest BCUT2D eigenvalue weighted by Crippen LogP contribution is -2.58. The molecule has 0 heterocycles. The minimum atomic E-state index is -0.659. The average Bonchev–Trinajstić information content (AvgIpc) is 2.67. The van der Waals surface area contributed by atoms with Crippen LogP contribution in [0.5, 0.6) is 0 Å². The van der Waals surface area contributed by atoms with Gasteiger partial charge in [-0.25, -0.2) is 0 Å². The van der Waals surface area contributed by atoms with E-state index in [4.69, 9.17) is 0 Å². The molecule has 0 aromatic carbocycles. The molecule has 0 unspecified atom stereocenters. The fourth-order valence-electron chi connectivity index (χ4n) is 3.61. The summed E-state index contributed by atoms with van der Waals surface area (Å²) in [6.07, 6.45) is 6.93. The Labute approximate surface area is 182 Å². The van der Waals surface area contributed by atoms with Crippen molar-refractivity contribution in [3.05, 3.63) is 11.9 Å². The summed E-state index contributed by atoms with van der Waals surface area (Å²) in [7, 11) is 1.66. The van der Waals surface area contributed by atoms with Crippen LogP contribution in [0.25, 0.3) is 0 Å². The number of carbonyl (C=O) groups excluding carboxylic acids is 3. The monoisotopic (exact) mass is 506 g/mol. The van der Waals surface area contributed by atoms with Crippen molar-refractivity contribution >= 4 is 40.5 Å². The summed E-state index contributed by atoms with van der Waals surface area (Å²) < 4.78 is 2.80. The quantitative estimate of drug-likeness (QED) is 0.219. The molecule has 0 bridgehead atoms. The Morgan fingerprint density at radius 3 is 2.18 bits per heavy atom. The maximum atomic E-state index is 13.2. The number of halogens is 1. The highest BCUT2D eigenvalue weighted by molar-refractivity contribution is 14.1. The molecule has 0 aromatic rings. The molecular formula is C20H35IN4O3. The SMILES string of the molecule is CCC(=O)[C@@H](NC(=O)[C@@H](NC(=O)/C(=C/NI)NC)C1CCCCC1)C(C)(C)C. The second-order valence-electron chi connectivity index (χ2n) is 8.39. The van der Waals surface area contributed by atoms with Crippen LogP contribution in [0.15, 0.2) is 11.9 Å². The Bertz CT molecular complexity index is 580. The van der Waals surface area contributed by atoms with Crippen molar-refractivity contribution in [3.8, 4) is 0 Å². The van der Waals surface area contributed by atoms with Crippen LogP contribution in [-0.2, 0) is 14.4 Å². The van der Waals surface area contributed by atoms with E-state index in [0.717, 1.165) is 32.1 Å². The summed E-state index contributed by atoms with van der Waals surface area (Å²) in [5, 5.41) is 8.68. The van der Waals surface area contributed by atoms with Crippen LogP contribution >= 0.6 is 22.9 Å². The van der Waals surface area contributed by atoms with E-state index in [1.54, 1.807) is 20.2 Å². The third-order valence-corrected chi connectivity index (χ3v) is 5.54. The number of amides is 2. The number of nitrogens with one attached hydrogen (secondary N) is 4. The first-order valence-electron chi connectivity index (χ1n) is 10.0. The van der Waals surface area contributed by atoms with Crippen molar-refractivity contribution < 1.29 is 14.4 Å². The van der Waals surface area contributed by atoms with Gasteiger partial charge in [-0.2, -0.15) is 0 Å². The van der Waals surface area contributed by atoms with Gasteiger partial charge in [-0.1, -0.05) is 47.0 Å². The lowest BCUT2D eigenvalue weighted by molar-refractivity contribution is -0.134. The lowest BCUT2D eigenvalue weighted by Gasteiger charge is -2.34. The second-order valence-corrected chi connectivity index (χ2v) is 9.02. The molecule has 1 saturated carbocycles. The highest BCUT2D eigenvalue weighted by atomic mass is 127. The molecule has 0 saturated heterocycles. The highest BCUT2D eigenvalue weighted by Crippen LogP contribution is 2.28. The fraction of sp³-hybridized carbons (Fsp3) is 0.750. The van der Waals surface area contributed by atoms with E-state index in [-0.39, 0.29) is 23.5 Å². The summed E-state index contributed by atoms with van der Waals surface area (Å²) in [4.78, 5) is 38.3. The van der Waals surface area contributed by atoms with E-state index in [2.05, 4.69) is 19.5 Å². The van der Waals surface area contributed by atoms with Gasteiger partial charge in [0, 0.05) is 19.7 Å². The summed E-state index contributed by atoms with van der Waals surface area (Å²) >= 11 is 1.92. The van der Waals surface area contributed by atoms with Gasteiger partial charge in [0.2, 0.25) is 5.91 Å². The maximum Gasteiger partial charge on any atom is 0.269 e. The van der Waals surface area contributed by atoms with E-state index >= 15 is 0 Å². The zero-order valence-corrected chi connectivity index (χ0v) is 19.8. The molecule has 2 amide bonds. The summed E-state index contributed by atoms with van der Waals surface area (Å²) in [6.45, 7) is 7.61. The lowest BCUT2D eigenvalue weighted by atomic mass is 9.81. The molecule has 0 aromatic heterocycles. The summed E-state index contributed by atoms with van der Waals surface area (Å²) in [5.74, 6) is -0.549. The van der Waals surface area contributed by atoms with Crippen LogP contribution in [0.1, 0.15) is 66.2 Å². The van der Waals surface area contributed by atoms with E-state index in [1.807, 2.05) is 43.6 Å². The minimum absolute atomic E-state index is 0.000470. The van der Waals surface area contributed by atoms with E-state index < -0.39 is 17.5 Å². The average molecular weight is 506 g/mol. The number of carbonyl (C=O) groups is 3. The number of rotatable bonds is 9. The van der Waals surface area contributed by atoms with Gasteiger partial charge in [0.15, 0.2) is 5.78 Å². The Morgan fingerprint density at radius 1 is 1.11 bits per heavy atom. The fourth-order valence-corrected chi connectivity index (χ4v) is 3.92. The molecule has 1 aliphatic rings. The van der Waals surface area contributed by atoms with Gasteiger partial charge in [-0.15, -0.1) is 0 Å². The molecule has 28 heavy (non-hydrogen) atoms. The molecule has 160 valence electrons. The molecule has 0 radical (unpaired) electrons. The molecule has 1 rings (SSSR count). The Kier molecular flexibility index (Phi) is 10.3. The predicted octanol–water partition coefficient (Wildman–Crippen LogP) is 2.56. The van der Waals surface area contributed by atoms with Crippen LogP contribution < -0.4 is 19.5 Å². The largest absolute Gasteiger partial charge is 0.382 e. The zero-order valence-electron chi connectivity index (χ0n) is 17.7. The van der Waals surface area contributed by atoms with Crippen LogP contribution in [0.3, 0.4) is 0 Å². The Balaban J connectivity index is 3.06. The van der Waals surface area contributed by atoms with Gasteiger partial charge >= 0.3 is 0 Å². The first-order valence-corrected chi connectivity index (χ1v) is 11.1. The number of hydrogen-bond donors (Lipinski definition) is 4. The molecule has 8 heteroatoms. The number of ketones is 1. The second kappa shape index (κ2) is 11.6. The number of likely N-dealkylation sites (N-methyl/N-ethyl adjacent to an activating group) is 1. The van der Waals surface area contributed by atoms with Crippen molar-refractivity contribution in [2.45, 2.75) is 78.3 Å². The standard InChI is InChI=1S/C20H35IN4O3/c1-6-15(26)17(20(2,3)4)25-19(28)16(13-10-8-7-9-11-13)24-18(27)14(22-5)12-23-21/h12-13,16-17,22-23H,6-11H2,1-5H3,(H,24,27)(H,25,28)/b14-12-/t16-,17+/m0/s1. The Morgan fingerprint density at radius 2 is 1.71 bits per heavy atom. The van der Waals surface area contributed by atoms with Crippen molar-refractivity contribution in [1.29, 1.82) is 0 Å². The van der Waals surface area contributed by atoms with E-state index in [0.29, 0.717) is 12.1 Å². The van der Waals surface area contributed by atoms with E-state index in [9.17, 15) is 14.4 Å². The van der Waals surface area contributed by atoms with Gasteiger partial charge < -0.3 is 19.5 Å². The first-order chi connectivity index (χ1) is 13.1. The normalized spacial score (nSPS) is 18.0. The molecule has 1 fully saturated rings. The zero-order chi connectivity index (χ0) is 21.3. The van der Waals surface area contributed by atoms with Crippen molar-refractivity contribution in [1.82, 2.24) is 19.5 Å².